The molecule has 1 aromatic carbocycles. The molecule has 5 nitrogen and oxygen atoms in total. The number of nitrogens with one attached hydrogen (secondary N) is 2. The van der Waals surface area contributed by atoms with Crippen LogP contribution in [-0.2, 0) is 4.79 Å². The van der Waals surface area contributed by atoms with E-state index in [1.165, 1.54) is 11.1 Å². The second-order valence-corrected chi connectivity index (χ2v) is 7.60. The molecule has 1 heterocycles. The minimum absolute atomic E-state index is 0.0611. The predicted octanol–water partition coefficient (Wildman–Crippen LogP) is 2.91. The lowest BCUT2D eigenvalue weighted by molar-refractivity contribution is -0.133. The van der Waals surface area contributed by atoms with E-state index in [4.69, 9.17) is 4.99 Å². The van der Waals surface area contributed by atoms with Crippen LogP contribution in [0.15, 0.2) is 29.3 Å². The van der Waals surface area contributed by atoms with E-state index in [0.717, 1.165) is 38.6 Å². The highest BCUT2D eigenvalue weighted by molar-refractivity contribution is 5.81. The fraction of sp³-hybridized carbons (Fsp3) is 0.619. The Labute approximate surface area is 158 Å². The fourth-order valence-corrected chi connectivity index (χ4v) is 3.19. The van der Waals surface area contributed by atoms with Crippen LogP contribution in [0.2, 0.25) is 0 Å². The predicted molar refractivity (Wildman–Crippen MR) is 109 cm³/mol. The van der Waals surface area contributed by atoms with Crippen LogP contribution in [0.4, 0.5) is 0 Å². The minimum atomic E-state index is 0.0611. The number of carbonyl (C=O) groups is 1. The maximum Gasteiger partial charge on any atom is 0.225 e. The van der Waals surface area contributed by atoms with E-state index in [0.29, 0.717) is 5.92 Å². The standard InChI is InChI=1S/C21H34N4O/c1-6-22-21(23-13-17(5)18-9-7-16(4)8-10-18)24-19-11-12-25(14-19)20(26)15(2)3/h7-10,15,17,19H,6,11-14H2,1-5H3,(H2,22,23,24). The van der Waals surface area contributed by atoms with E-state index in [2.05, 4.69) is 55.7 Å². The van der Waals surface area contributed by atoms with Crippen LogP contribution in [0, 0.1) is 12.8 Å². The Hall–Kier alpha value is -2.04. The third kappa shape index (κ3) is 5.75. The van der Waals surface area contributed by atoms with Gasteiger partial charge in [0, 0.05) is 44.1 Å². The lowest BCUT2D eigenvalue weighted by Crippen LogP contribution is -2.45. The van der Waals surface area contributed by atoms with Gasteiger partial charge < -0.3 is 15.5 Å². The Morgan fingerprint density at radius 2 is 1.96 bits per heavy atom. The van der Waals surface area contributed by atoms with Crippen molar-refractivity contribution in [2.24, 2.45) is 10.9 Å². The van der Waals surface area contributed by atoms with Crippen molar-refractivity contribution in [2.75, 3.05) is 26.2 Å². The molecule has 1 aliphatic heterocycles. The molecule has 1 aliphatic rings. The molecule has 2 atom stereocenters. The summed E-state index contributed by atoms with van der Waals surface area (Å²) in [7, 11) is 0. The second-order valence-electron chi connectivity index (χ2n) is 7.60. The average Bonchev–Trinajstić information content (AvgIpc) is 3.07. The van der Waals surface area contributed by atoms with Crippen LogP contribution >= 0.6 is 0 Å². The van der Waals surface area contributed by atoms with Gasteiger partial charge in [-0.3, -0.25) is 9.79 Å². The monoisotopic (exact) mass is 358 g/mol. The smallest absolute Gasteiger partial charge is 0.225 e. The molecule has 0 aromatic heterocycles. The number of hydrogen-bond donors (Lipinski definition) is 2. The Morgan fingerprint density at radius 3 is 2.58 bits per heavy atom. The van der Waals surface area contributed by atoms with Crippen molar-refractivity contribution < 1.29 is 4.79 Å². The lowest BCUT2D eigenvalue weighted by Gasteiger charge is -2.20. The van der Waals surface area contributed by atoms with E-state index in [-0.39, 0.29) is 17.9 Å². The van der Waals surface area contributed by atoms with Gasteiger partial charge in [0.2, 0.25) is 5.91 Å². The van der Waals surface area contributed by atoms with Crippen LogP contribution in [0.1, 0.15) is 51.2 Å². The maximum absolute atomic E-state index is 12.2. The Bertz CT molecular complexity index is 609. The van der Waals surface area contributed by atoms with E-state index in [1.54, 1.807) is 0 Å². The summed E-state index contributed by atoms with van der Waals surface area (Å²) in [6, 6.07) is 8.94. The molecule has 2 rings (SSSR count). The SMILES string of the molecule is CCNC(=NCC(C)c1ccc(C)cc1)NC1CCN(C(=O)C(C)C)C1. The first-order chi connectivity index (χ1) is 12.4. The molecule has 26 heavy (non-hydrogen) atoms. The van der Waals surface area contributed by atoms with Gasteiger partial charge in [0.05, 0.1) is 0 Å². The first-order valence-electron chi connectivity index (χ1n) is 9.80. The number of benzene rings is 1. The Balaban J connectivity index is 1.92. The van der Waals surface area contributed by atoms with Crippen molar-refractivity contribution in [3.8, 4) is 0 Å². The summed E-state index contributed by atoms with van der Waals surface area (Å²) in [6.45, 7) is 13.5. The molecule has 1 fully saturated rings. The quantitative estimate of drug-likeness (QED) is 0.607. The van der Waals surface area contributed by atoms with E-state index < -0.39 is 0 Å². The molecular formula is C21H34N4O. The van der Waals surface area contributed by atoms with Crippen molar-refractivity contribution in [1.29, 1.82) is 0 Å². The third-order valence-corrected chi connectivity index (χ3v) is 4.85. The van der Waals surface area contributed by atoms with Crippen molar-refractivity contribution in [3.05, 3.63) is 35.4 Å². The lowest BCUT2D eigenvalue weighted by atomic mass is 10.0. The number of guanidine groups is 1. The normalized spacial score (nSPS) is 18.9. The van der Waals surface area contributed by atoms with Crippen LogP contribution in [0.25, 0.3) is 0 Å². The third-order valence-electron chi connectivity index (χ3n) is 4.85. The number of rotatable bonds is 6. The number of aliphatic imine (C=N–C) groups is 1. The zero-order chi connectivity index (χ0) is 19.1. The zero-order valence-corrected chi connectivity index (χ0v) is 16.9. The first kappa shape index (κ1) is 20.3. The van der Waals surface area contributed by atoms with E-state index >= 15 is 0 Å². The average molecular weight is 359 g/mol. The van der Waals surface area contributed by atoms with Crippen LogP contribution in [-0.4, -0.2) is 49.0 Å². The molecule has 0 spiro atoms. The van der Waals surface area contributed by atoms with Gasteiger partial charge in [-0.05, 0) is 25.8 Å². The van der Waals surface area contributed by atoms with E-state index in [1.807, 2.05) is 18.7 Å². The van der Waals surface area contributed by atoms with Crippen LogP contribution < -0.4 is 10.6 Å². The summed E-state index contributed by atoms with van der Waals surface area (Å²) in [5.41, 5.74) is 2.59. The number of carbonyl (C=O) groups excluding carboxylic acids is 1. The number of nitrogens with zero attached hydrogens (tertiary/aromatic N) is 2. The molecule has 0 aliphatic carbocycles. The summed E-state index contributed by atoms with van der Waals surface area (Å²) < 4.78 is 0. The summed E-state index contributed by atoms with van der Waals surface area (Å²) in [5.74, 6) is 1.51. The van der Waals surface area contributed by atoms with Gasteiger partial charge in [0.1, 0.15) is 0 Å². The van der Waals surface area contributed by atoms with Gasteiger partial charge in [-0.15, -0.1) is 0 Å². The molecule has 2 N–H and O–H groups in total. The molecule has 0 saturated carbocycles. The second kappa shape index (κ2) is 9.60. The summed E-state index contributed by atoms with van der Waals surface area (Å²) in [4.78, 5) is 18.9. The first-order valence-corrected chi connectivity index (χ1v) is 9.80. The molecule has 0 radical (unpaired) electrons. The number of aryl methyl sites for hydroxylation is 1. The largest absolute Gasteiger partial charge is 0.357 e. The molecule has 2 unspecified atom stereocenters. The van der Waals surface area contributed by atoms with Crippen LogP contribution in [0.5, 0.6) is 0 Å². The van der Waals surface area contributed by atoms with Crippen LogP contribution in [0.3, 0.4) is 0 Å². The topological polar surface area (TPSA) is 56.7 Å². The highest BCUT2D eigenvalue weighted by Gasteiger charge is 2.27. The molecule has 1 aromatic rings. The summed E-state index contributed by atoms with van der Waals surface area (Å²) in [5, 5.41) is 6.83. The van der Waals surface area contributed by atoms with Gasteiger partial charge in [-0.2, -0.15) is 0 Å². The van der Waals surface area contributed by atoms with Gasteiger partial charge in [-0.1, -0.05) is 50.6 Å². The number of likely N-dealkylation sites (tertiary alicyclic amines) is 1. The Morgan fingerprint density at radius 1 is 1.27 bits per heavy atom. The maximum atomic E-state index is 12.2. The molecule has 144 valence electrons. The number of amides is 1. The van der Waals surface area contributed by atoms with Crippen molar-refractivity contribution >= 4 is 11.9 Å². The highest BCUT2D eigenvalue weighted by Crippen LogP contribution is 2.16. The van der Waals surface area contributed by atoms with E-state index in [9.17, 15) is 4.79 Å². The molecule has 1 saturated heterocycles. The highest BCUT2D eigenvalue weighted by atomic mass is 16.2. The fourth-order valence-electron chi connectivity index (χ4n) is 3.19. The minimum Gasteiger partial charge on any atom is -0.357 e. The van der Waals surface area contributed by atoms with Crippen molar-refractivity contribution in [1.82, 2.24) is 15.5 Å². The van der Waals surface area contributed by atoms with Crippen molar-refractivity contribution in [2.45, 2.75) is 53.0 Å². The van der Waals surface area contributed by atoms with Gasteiger partial charge in [-0.25, -0.2) is 0 Å². The summed E-state index contributed by atoms with van der Waals surface area (Å²) in [6.07, 6.45) is 0.969. The van der Waals surface area contributed by atoms with Gasteiger partial charge >= 0.3 is 0 Å². The molecule has 5 heteroatoms. The van der Waals surface area contributed by atoms with Gasteiger partial charge in [0.25, 0.3) is 0 Å². The summed E-state index contributed by atoms with van der Waals surface area (Å²) >= 11 is 0. The molecule has 1 amide bonds. The van der Waals surface area contributed by atoms with Crippen molar-refractivity contribution in [3.63, 3.8) is 0 Å². The number of hydrogen-bond acceptors (Lipinski definition) is 2. The zero-order valence-electron chi connectivity index (χ0n) is 16.9. The molecule has 0 bridgehead atoms. The molecular weight excluding hydrogens is 324 g/mol. The van der Waals surface area contributed by atoms with Gasteiger partial charge in [0.15, 0.2) is 5.96 Å². The Kier molecular flexibility index (Phi) is 7.49.